The lowest BCUT2D eigenvalue weighted by Crippen LogP contribution is -1.94. The first-order valence-corrected chi connectivity index (χ1v) is 4.11. The van der Waals surface area contributed by atoms with E-state index in [2.05, 4.69) is 10.0 Å². The molecule has 0 unspecified atom stereocenters. The van der Waals surface area contributed by atoms with Crippen molar-refractivity contribution in [2.75, 3.05) is 13.7 Å². The highest BCUT2D eigenvalue weighted by atomic mass is 19.1. The molecule has 74 valence electrons. The van der Waals surface area contributed by atoms with Crippen LogP contribution in [0.4, 0.5) is 4.39 Å². The van der Waals surface area contributed by atoms with Crippen LogP contribution in [0.2, 0.25) is 0 Å². The molecule has 0 N–H and O–H groups in total. The molecule has 4 nitrogen and oxygen atoms in total. The first kappa shape index (κ1) is 10.3. The predicted octanol–water partition coefficient (Wildman–Crippen LogP) is 2.69. The molecule has 14 heavy (non-hydrogen) atoms. The van der Waals surface area contributed by atoms with E-state index in [1.807, 2.05) is 0 Å². The average molecular weight is 195 g/mol. The van der Waals surface area contributed by atoms with Crippen LogP contribution in [0.1, 0.15) is 5.56 Å². The second-order valence-corrected chi connectivity index (χ2v) is 2.66. The Morgan fingerprint density at radius 1 is 1.57 bits per heavy atom. The molecule has 0 saturated carbocycles. The summed E-state index contributed by atoms with van der Waals surface area (Å²) in [6.07, 6.45) is 0.403. The van der Waals surface area contributed by atoms with Crippen molar-refractivity contribution >= 4 is 0 Å². The van der Waals surface area contributed by atoms with Gasteiger partial charge in [-0.05, 0) is 23.6 Å². The molecule has 0 aliphatic rings. The minimum absolute atomic E-state index is 0.264. The van der Waals surface area contributed by atoms with Gasteiger partial charge in [0.25, 0.3) is 0 Å². The van der Waals surface area contributed by atoms with Crippen molar-refractivity contribution in [2.24, 2.45) is 5.11 Å². The van der Waals surface area contributed by atoms with Gasteiger partial charge in [-0.3, -0.25) is 0 Å². The fourth-order valence-electron chi connectivity index (χ4n) is 1.07. The Balaban J connectivity index is 2.73. The largest absolute Gasteiger partial charge is 0.497 e. The minimum atomic E-state index is -0.336. The molecule has 0 aliphatic heterocycles. The van der Waals surface area contributed by atoms with Crippen LogP contribution in [0, 0.1) is 5.82 Å². The summed E-state index contributed by atoms with van der Waals surface area (Å²) < 4.78 is 18.1. The molecule has 0 radical (unpaired) electrons. The maximum Gasteiger partial charge on any atom is 0.130 e. The molecule has 0 amide bonds. The number of nitrogens with zero attached hydrogens (tertiary/aromatic N) is 3. The number of halogens is 1. The van der Waals surface area contributed by atoms with Crippen molar-refractivity contribution < 1.29 is 9.13 Å². The van der Waals surface area contributed by atoms with Gasteiger partial charge in [0.15, 0.2) is 0 Å². The van der Waals surface area contributed by atoms with Gasteiger partial charge in [-0.15, -0.1) is 0 Å². The van der Waals surface area contributed by atoms with Crippen LogP contribution in [-0.2, 0) is 6.42 Å². The van der Waals surface area contributed by atoms with Crippen molar-refractivity contribution in [3.05, 3.63) is 40.0 Å². The molecule has 0 heterocycles. The maximum atomic E-state index is 13.2. The second kappa shape index (κ2) is 5.09. The number of benzene rings is 1. The van der Waals surface area contributed by atoms with Gasteiger partial charge in [-0.25, -0.2) is 4.39 Å². The maximum absolute atomic E-state index is 13.2. The summed E-state index contributed by atoms with van der Waals surface area (Å²) in [5.41, 5.74) is 8.57. The summed E-state index contributed by atoms with van der Waals surface area (Å²) in [5, 5.41) is 3.33. The minimum Gasteiger partial charge on any atom is -0.497 e. The summed E-state index contributed by atoms with van der Waals surface area (Å²) >= 11 is 0. The molecule has 0 spiro atoms. The quantitative estimate of drug-likeness (QED) is 0.414. The fourth-order valence-corrected chi connectivity index (χ4v) is 1.07. The van der Waals surface area contributed by atoms with Crippen LogP contribution in [0.5, 0.6) is 5.75 Å². The molecule has 1 aromatic carbocycles. The van der Waals surface area contributed by atoms with Gasteiger partial charge in [0.2, 0.25) is 0 Å². The van der Waals surface area contributed by atoms with E-state index in [1.54, 1.807) is 12.1 Å². The van der Waals surface area contributed by atoms with E-state index in [-0.39, 0.29) is 12.4 Å². The molecule has 0 atom stereocenters. The van der Waals surface area contributed by atoms with Crippen molar-refractivity contribution in [3.63, 3.8) is 0 Å². The summed E-state index contributed by atoms with van der Waals surface area (Å²) in [6, 6.07) is 4.61. The van der Waals surface area contributed by atoms with Crippen LogP contribution in [0.15, 0.2) is 23.3 Å². The molecule has 1 rings (SSSR count). The van der Waals surface area contributed by atoms with Gasteiger partial charge in [-0.2, -0.15) is 0 Å². The Morgan fingerprint density at radius 2 is 2.36 bits per heavy atom. The van der Waals surface area contributed by atoms with E-state index in [4.69, 9.17) is 10.3 Å². The zero-order chi connectivity index (χ0) is 10.4. The Hall–Kier alpha value is -1.74. The van der Waals surface area contributed by atoms with E-state index in [0.29, 0.717) is 17.7 Å². The standard InChI is InChI=1S/C9H10FN3O/c1-14-8-3-2-7(9(10)6-8)4-5-12-13-11/h2-3,6H,4-5H2,1H3. The Kier molecular flexibility index (Phi) is 3.76. The molecular formula is C9H10FN3O. The molecule has 0 bridgehead atoms. The van der Waals surface area contributed by atoms with Crippen LogP contribution < -0.4 is 4.74 Å². The van der Waals surface area contributed by atoms with Crippen molar-refractivity contribution in [1.29, 1.82) is 0 Å². The number of methoxy groups -OCH3 is 1. The highest BCUT2D eigenvalue weighted by Gasteiger charge is 2.02. The summed E-state index contributed by atoms with van der Waals surface area (Å²) in [4.78, 5) is 2.59. The van der Waals surface area contributed by atoms with Crippen LogP contribution in [-0.4, -0.2) is 13.7 Å². The van der Waals surface area contributed by atoms with Crippen LogP contribution in [0.25, 0.3) is 10.4 Å². The van der Waals surface area contributed by atoms with Crippen LogP contribution in [0.3, 0.4) is 0 Å². The highest BCUT2D eigenvalue weighted by Crippen LogP contribution is 2.16. The summed E-state index contributed by atoms with van der Waals surface area (Å²) in [6.45, 7) is 0.264. The number of rotatable bonds is 4. The first-order valence-electron chi connectivity index (χ1n) is 4.11. The van der Waals surface area contributed by atoms with E-state index in [9.17, 15) is 4.39 Å². The van der Waals surface area contributed by atoms with Gasteiger partial charge in [-0.1, -0.05) is 11.2 Å². The van der Waals surface area contributed by atoms with E-state index >= 15 is 0 Å². The Labute approximate surface area is 80.9 Å². The molecular weight excluding hydrogens is 185 g/mol. The molecule has 0 aliphatic carbocycles. The Morgan fingerprint density at radius 3 is 2.93 bits per heavy atom. The average Bonchev–Trinajstić information content (AvgIpc) is 2.20. The monoisotopic (exact) mass is 195 g/mol. The third-order valence-electron chi connectivity index (χ3n) is 1.80. The molecule has 5 heteroatoms. The first-order chi connectivity index (χ1) is 6.77. The number of ether oxygens (including phenoxy) is 1. The van der Waals surface area contributed by atoms with Gasteiger partial charge >= 0.3 is 0 Å². The van der Waals surface area contributed by atoms with E-state index in [0.717, 1.165) is 0 Å². The van der Waals surface area contributed by atoms with E-state index < -0.39 is 0 Å². The smallest absolute Gasteiger partial charge is 0.130 e. The van der Waals surface area contributed by atoms with Crippen molar-refractivity contribution in [3.8, 4) is 5.75 Å². The predicted molar refractivity (Wildman–Crippen MR) is 50.7 cm³/mol. The topological polar surface area (TPSA) is 58.0 Å². The lowest BCUT2D eigenvalue weighted by molar-refractivity contribution is 0.410. The zero-order valence-corrected chi connectivity index (χ0v) is 7.77. The molecule has 0 fully saturated rings. The molecule has 0 aromatic heterocycles. The SMILES string of the molecule is COc1ccc(CCN=[N+]=[N-])c(F)c1. The zero-order valence-electron chi connectivity index (χ0n) is 7.77. The van der Waals surface area contributed by atoms with Crippen LogP contribution >= 0.6 is 0 Å². The molecule has 1 aromatic rings. The van der Waals surface area contributed by atoms with Gasteiger partial charge in [0.05, 0.1) is 7.11 Å². The summed E-state index contributed by atoms with van der Waals surface area (Å²) in [7, 11) is 1.48. The molecule has 0 saturated heterocycles. The third kappa shape index (κ3) is 2.64. The third-order valence-corrected chi connectivity index (χ3v) is 1.80. The number of hydrogen-bond acceptors (Lipinski definition) is 2. The number of hydrogen-bond donors (Lipinski definition) is 0. The Bertz CT molecular complexity index is 361. The van der Waals surface area contributed by atoms with E-state index in [1.165, 1.54) is 13.2 Å². The van der Waals surface area contributed by atoms with Gasteiger partial charge < -0.3 is 4.74 Å². The van der Waals surface area contributed by atoms with Gasteiger partial charge in [0, 0.05) is 17.5 Å². The van der Waals surface area contributed by atoms with Gasteiger partial charge in [0.1, 0.15) is 11.6 Å². The second-order valence-electron chi connectivity index (χ2n) is 2.66. The lowest BCUT2D eigenvalue weighted by atomic mass is 10.1. The van der Waals surface area contributed by atoms with Crippen molar-refractivity contribution in [2.45, 2.75) is 6.42 Å². The normalized spacial score (nSPS) is 9.29. The number of azide groups is 1. The summed E-state index contributed by atoms with van der Waals surface area (Å²) in [5.74, 6) is 0.146. The lowest BCUT2D eigenvalue weighted by Gasteiger charge is -2.03. The highest BCUT2D eigenvalue weighted by molar-refractivity contribution is 5.29. The van der Waals surface area contributed by atoms with Crippen molar-refractivity contribution in [1.82, 2.24) is 0 Å². The fraction of sp³-hybridized carbons (Fsp3) is 0.333.